The van der Waals surface area contributed by atoms with E-state index in [1.807, 2.05) is 6.92 Å². The van der Waals surface area contributed by atoms with Crippen LogP contribution in [0.2, 0.25) is 0 Å². The van der Waals surface area contributed by atoms with Crippen molar-refractivity contribution in [3.63, 3.8) is 0 Å². The van der Waals surface area contributed by atoms with Gasteiger partial charge in [0.2, 0.25) is 0 Å². The number of hydrogen-bond donors (Lipinski definition) is 0. The maximum atomic E-state index is 11.5. The summed E-state index contributed by atoms with van der Waals surface area (Å²) in [7, 11) is 0. The second kappa shape index (κ2) is 6.56. The lowest BCUT2D eigenvalue weighted by atomic mass is 10.1. The lowest BCUT2D eigenvalue weighted by Gasteiger charge is -2.09. The Morgan fingerprint density at radius 2 is 2.47 bits per heavy atom. The average Bonchev–Trinajstić information content (AvgIpc) is 2.75. The predicted octanol–water partition coefficient (Wildman–Crippen LogP) is 3.01. The molecule has 1 aromatic rings. The van der Waals surface area contributed by atoms with Gasteiger partial charge in [0, 0.05) is 6.20 Å². The lowest BCUT2D eigenvalue weighted by molar-refractivity contribution is -0.149. The van der Waals surface area contributed by atoms with Gasteiger partial charge in [0.25, 0.3) is 0 Å². The van der Waals surface area contributed by atoms with Crippen molar-refractivity contribution in [2.24, 2.45) is 5.92 Å². The van der Waals surface area contributed by atoms with E-state index >= 15 is 0 Å². The molecule has 1 rings (SSSR count). The smallest absolute Gasteiger partial charge is 0.309 e. The van der Waals surface area contributed by atoms with Crippen LogP contribution in [-0.4, -0.2) is 11.0 Å². The van der Waals surface area contributed by atoms with Gasteiger partial charge in [0.05, 0.1) is 16.3 Å². The van der Waals surface area contributed by atoms with E-state index in [1.54, 1.807) is 11.7 Å². The molecule has 0 aromatic carbocycles. The van der Waals surface area contributed by atoms with E-state index in [1.165, 1.54) is 11.3 Å². The molecule has 0 N–H and O–H groups in total. The summed E-state index contributed by atoms with van der Waals surface area (Å²) in [6, 6.07) is 0. The molecule has 1 atom stereocenters. The van der Waals surface area contributed by atoms with E-state index in [9.17, 15) is 4.79 Å². The lowest BCUT2D eigenvalue weighted by Crippen LogP contribution is -2.14. The topological polar surface area (TPSA) is 39.2 Å². The van der Waals surface area contributed by atoms with Crippen molar-refractivity contribution in [1.82, 2.24) is 4.98 Å². The van der Waals surface area contributed by atoms with Crippen molar-refractivity contribution >= 4 is 17.3 Å². The van der Waals surface area contributed by atoms with Crippen LogP contribution < -0.4 is 0 Å². The molecule has 0 radical (unpaired) electrons. The van der Waals surface area contributed by atoms with Gasteiger partial charge in [0.15, 0.2) is 0 Å². The zero-order chi connectivity index (χ0) is 11.1. The maximum Gasteiger partial charge on any atom is 0.309 e. The van der Waals surface area contributed by atoms with Crippen LogP contribution in [0.15, 0.2) is 11.7 Å². The molecule has 0 fully saturated rings. The van der Waals surface area contributed by atoms with Crippen LogP contribution >= 0.6 is 11.3 Å². The molecule has 0 saturated heterocycles. The van der Waals surface area contributed by atoms with Crippen molar-refractivity contribution in [1.29, 1.82) is 0 Å². The number of aromatic nitrogens is 1. The van der Waals surface area contributed by atoms with E-state index in [-0.39, 0.29) is 11.9 Å². The summed E-state index contributed by atoms with van der Waals surface area (Å²) in [5.41, 5.74) is 1.74. The molecule has 1 unspecified atom stereocenters. The third kappa shape index (κ3) is 4.42. The van der Waals surface area contributed by atoms with Gasteiger partial charge in [-0.25, -0.2) is 0 Å². The first-order chi connectivity index (χ1) is 7.24. The Balaban J connectivity index is 2.23. The number of nitrogens with zero attached hydrogens (tertiary/aromatic N) is 1. The molecule has 1 heterocycles. The molecule has 0 aliphatic heterocycles. The average molecular weight is 227 g/mol. The van der Waals surface area contributed by atoms with Crippen molar-refractivity contribution in [2.45, 2.75) is 39.7 Å². The molecular weight excluding hydrogens is 210 g/mol. The van der Waals surface area contributed by atoms with Crippen LogP contribution in [0.4, 0.5) is 0 Å². The summed E-state index contributed by atoms with van der Waals surface area (Å²) in [6.45, 7) is 4.40. The highest BCUT2D eigenvalue weighted by atomic mass is 32.1. The molecule has 15 heavy (non-hydrogen) atoms. The second-order valence-corrected chi connectivity index (χ2v) is 4.59. The van der Waals surface area contributed by atoms with Gasteiger partial charge >= 0.3 is 5.97 Å². The molecule has 1 aromatic heterocycles. The number of hydrogen-bond acceptors (Lipinski definition) is 4. The van der Waals surface area contributed by atoms with Crippen molar-refractivity contribution in [3.05, 3.63) is 16.6 Å². The Labute approximate surface area is 94.5 Å². The Bertz CT molecular complexity index is 285. The number of carbonyl (C=O) groups excluding carboxylic acids is 1. The van der Waals surface area contributed by atoms with Gasteiger partial charge in [-0.2, -0.15) is 0 Å². The highest BCUT2D eigenvalue weighted by molar-refractivity contribution is 7.09. The molecule has 0 bridgehead atoms. The minimum absolute atomic E-state index is 0.0119. The van der Waals surface area contributed by atoms with Crippen LogP contribution in [0.5, 0.6) is 0 Å². The largest absolute Gasteiger partial charge is 0.460 e. The first-order valence-corrected chi connectivity index (χ1v) is 6.16. The number of carbonyl (C=O) groups is 1. The van der Waals surface area contributed by atoms with Crippen LogP contribution in [0.3, 0.4) is 0 Å². The van der Waals surface area contributed by atoms with Gasteiger partial charge in [0.1, 0.15) is 6.61 Å². The Morgan fingerprint density at radius 3 is 3.07 bits per heavy atom. The van der Waals surface area contributed by atoms with Crippen LogP contribution in [0, 0.1) is 5.92 Å². The summed E-state index contributed by atoms with van der Waals surface area (Å²) in [5.74, 6) is -0.0882. The molecule has 0 aliphatic carbocycles. The van der Waals surface area contributed by atoms with Gasteiger partial charge in [-0.15, -0.1) is 11.3 Å². The summed E-state index contributed by atoms with van der Waals surface area (Å²) in [5, 5.41) is 0. The van der Waals surface area contributed by atoms with E-state index in [0.717, 1.165) is 24.1 Å². The van der Waals surface area contributed by atoms with Crippen LogP contribution in [0.1, 0.15) is 38.0 Å². The summed E-state index contributed by atoms with van der Waals surface area (Å²) in [4.78, 5) is 16.4. The molecule has 0 aliphatic rings. The van der Waals surface area contributed by atoms with Gasteiger partial charge < -0.3 is 4.74 Å². The first-order valence-electron chi connectivity index (χ1n) is 5.28. The fraction of sp³-hybridized carbons (Fsp3) is 0.636. The second-order valence-electron chi connectivity index (χ2n) is 3.62. The maximum absolute atomic E-state index is 11.5. The van der Waals surface area contributed by atoms with Crippen LogP contribution in [0.25, 0.3) is 0 Å². The van der Waals surface area contributed by atoms with Gasteiger partial charge in [-0.05, 0) is 6.42 Å². The summed E-state index contributed by atoms with van der Waals surface area (Å²) < 4.78 is 5.18. The zero-order valence-corrected chi connectivity index (χ0v) is 10.0. The number of thiazole rings is 1. The molecule has 0 amide bonds. The van der Waals surface area contributed by atoms with Crippen molar-refractivity contribution in [3.8, 4) is 0 Å². The normalized spacial score (nSPS) is 12.4. The fourth-order valence-electron chi connectivity index (χ4n) is 1.23. The fourth-order valence-corrected chi connectivity index (χ4v) is 1.73. The van der Waals surface area contributed by atoms with E-state index in [0.29, 0.717) is 6.61 Å². The monoisotopic (exact) mass is 227 g/mol. The molecule has 84 valence electrons. The highest BCUT2D eigenvalue weighted by Crippen LogP contribution is 2.12. The number of ether oxygens (including phenoxy) is 1. The standard InChI is InChI=1S/C11H17NO2S/c1-3-4-5-9(2)11(13)14-7-10-6-12-8-15-10/h6,8-9H,3-5,7H2,1-2H3. The zero-order valence-electron chi connectivity index (χ0n) is 9.23. The van der Waals surface area contributed by atoms with Crippen LogP contribution in [-0.2, 0) is 16.1 Å². The molecule has 4 heteroatoms. The summed E-state index contributed by atoms with van der Waals surface area (Å²) in [6.07, 6.45) is 4.84. The predicted molar refractivity (Wildman–Crippen MR) is 60.6 cm³/mol. The number of unbranched alkanes of at least 4 members (excludes halogenated alkanes) is 1. The van der Waals surface area contributed by atoms with Crippen molar-refractivity contribution in [2.75, 3.05) is 0 Å². The third-order valence-electron chi connectivity index (χ3n) is 2.23. The molecule has 0 saturated carbocycles. The molecule has 0 spiro atoms. The Hall–Kier alpha value is -0.900. The summed E-state index contributed by atoms with van der Waals surface area (Å²) >= 11 is 1.51. The van der Waals surface area contributed by atoms with Gasteiger partial charge in [-0.3, -0.25) is 9.78 Å². The molecular formula is C11H17NO2S. The van der Waals surface area contributed by atoms with Gasteiger partial charge in [-0.1, -0.05) is 26.7 Å². The van der Waals surface area contributed by atoms with E-state index in [4.69, 9.17) is 4.74 Å². The molecule has 3 nitrogen and oxygen atoms in total. The SMILES string of the molecule is CCCCC(C)C(=O)OCc1cncs1. The first kappa shape index (κ1) is 12.2. The van der Waals surface area contributed by atoms with E-state index in [2.05, 4.69) is 11.9 Å². The minimum atomic E-state index is -0.100. The quantitative estimate of drug-likeness (QED) is 0.701. The Kier molecular flexibility index (Phi) is 5.32. The van der Waals surface area contributed by atoms with Crippen molar-refractivity contribution < 1.29 is 9.53 Å². The minimum Gasteiger partial charge on any atom is -0.460 e. The third-order valence-corrected chi connectivity index (χ3v) is 2.99. The Morgan fingerprint density at radius 1 is 1.67 bits per heavy atom. The van der Waals surface area contributed by atoms with E-state index < -0.39 is 0 Å². The number of esters is 1. The number of rotatable bonds is 6. The highest BCUT2D eigenvalue weighted by Gasteiger charge is 2.13.